The van der Waals surface area contributed by atoms with Gasteiger partial charge in [0.05, 0.1) is 5.56 Å². The van der Waals surface area contributed by atoms with Gasteiger partial charge in [0.1, 0.15) is 17.3 Å². The summed E-state index contributed by atoms with van der Waals surface area (Å²) >= 11 is 0. The van der Waals surface area contributed by atoms with Crippen LogP contribution in [-0.4, -0.2) is 16.1 Å². The Bertz CT molecular complexity index is 695. The van der Waals surface area contributed by atoms with E-state index in [1.165, 1.54) is 0 Å². The van der Waals surface area contributed by atoms with Crippen LogP contribution in [0.4, 0.5) is 22.0 Å². The number of hydrogen-bond acceptors (Lipinski definition) is 2. The molecule has 0 bridgehead atoms. The van der Waals surface area contributed by atoms with Crippen LogP contribution in [0.3, 0.4) is 0 Å². The number of alkyl halides is 3. The Morgan fingerprint density at radius 3 is 2.24 bits per heavy atom. The Kier molecular flexibility index (Phi) is 3.63. The van der Waals surface area contributed by atoms with Crippen molar-refractivity contribution >= 4 is 5.97 Å². The van der Waals surface area contributed by atoms with Crippen LogP contribution in [-0.2, 0) is 6.18 Å². The number of benzene rings is 1. The summed E-state index contributed by atoms with van der Waals surface area (Å²) in [6.45, 7) is 0. The lowest BCUT2D eigenvalue weighted by Crippen LogP contribution is -2.07. The van der Waals surface area contributed by atoms with Gasteiger partial charge in [-0.25, -0.2) is 13.6 Å². The summed E-state index contributed by atoms with van der Waals surface area (Å²) < 4.78 is 63.9. The Morgan fingerprint density at radius 2 is 1.76 bits per heavy atom. The third-order valence-corrected chi connectivity index (χ3v) is 2.65. The van der Waals surface area contributed by atoms with Crippen molar-refractivity contribution in [2.24, 2.45) is 0 Å². The van der Waals surface area contributed by atoms with Crippen molar-refractivity contribution in [3.05, 3.63) is 53.4 Å². The van der Waals surface area contributed by atoms with Gasteiger partial charge in [0, 0.05) is 23.4 Å². The minimum absolute atomic E-state index is 0.0944. The number of pyridine rings is 1. The largest absolute Gasteiger partial charge is 0.478 e. The number of aromatic carboxylic acids is 1. The average Bonchev–Trinajstić information content (AvgIpc) is 2.37. The van der Waals surface area contributed by atoms with E-state index in [0.717, 1.165) is 12.3 Å². The standard InChI is InChI=1S/C13H6F5NO2/c14-9-4-10(15)8(12(20)21)3-7(9)6-1-2-11(19-5-6)13(16,17)18/h1-5H,(H,20,21). The SMILES string of the molecule is O=C(O)c1cc(-c2ccc(C(F)(F)F)nc2)c(F)cc1F. The highest BCUT2D eigenvalue weighted by Crippen LogP contribution is 2.30. The molecular formula is C13H6F5NO2. The fraction of sp³-hybridized carbons (Fsp3) is 0.0769. The Morgan fingerprint density at radius 1 is 1.10 bits per heavy atom. The molecule has 0 atom stereocenters. The van der Waals surface area contributed by atoms with E-state index in [0.29, 0.717) is 18.2 Å². The lowest BCUT2D eigenvalue weighted by Gasteiger charge is -2.08. The molecule has 0 fully saturated rings. The minimum Gasteiger partial charge on any atom is -0.478 e. The molecule has 2 rings (SSSR count). The zero-order valence-corrected chi connectivity index (χ0v) is 10.1. The first-order chi connectivity index (χ1) is 9.70. The summed E-state index contributed by atoms with van der Waals surface area (Å²) in [5, 5.41) is 8.75. The van der Waals surface area contributed by atoms with Gasteiger partial charge >= 0.3 is 12.1 Å². The average molecular weight is 303 g/mol. The number of rotatable bonds is 2. The Hall–Kier alpha value is -2.51. The summed E-state index contributed by atoms with van der Waals surface area (Å²) in [6, 6.07) is 2.62. The van der Waals surface area contributed by atoms with Gasteiger partial charge in [0.2, 0.25) is 0 Å². The molecule has 0 aliphatic heterocycles. The van der Waals surface area contributed by atoms with Crippen molar-refractivity contribution in [3.63, 3.8) is 0 Å². The second kappa shape index (κ2) is 5.12. The molecule has 3 nitrogen and oxygen atoms in total. The lowest BCUT2D eigenvalue weighted by molar-refractivity contribution is -0.141. The van der Waals surface area contributed by atoms with Crippen molar-refractivity contribution in [2.75, 3.05) is 0 Å². The Labute approximate surface area is 114 Å². The van der Waals surface area contributed by atoms with Crippen molar-refractivity contribution in [3.8, 4) is 11.1 Å². The molecule has 110 valence electrons. The van der Waals surface area contributed by atoms with Crippen LogP contribution in [0, 0.1) is 11.6 Å². The number of hydrogen-bond donors (Lipinski definition) is 1. The topological polar surface area (TPSA) is 50.2 Å². The van der Waals surface area contributed by atoms with Crippen molar-refractivity contribution in [1.82, 2.24) is 4.98 Å². The molecule has 0 aliphatic carbocycles. The molecule has 21 heavy (non-hydrogen) atoms. The second-order valence-corrected chi connectivity index (χ2v) is 4.05. The lowest BCUT2D eigenvalue weighted by atomic mass is 10.0. The van der Waals surface area contributed by atoms with Crippen LogP contribution in [0.25, 0.3) is 11.1 Å². The maximum atomic E-state index is 13.6. The molecule has 0 saturated heterocycles. The van der Waals surface area contributed by atoms with Crippen molar-refractivity contribution < 1.29 is 31.9 Å². The molecule has 1 aromatic heterocycles. The molecule has 0 spiro atoms. The monoisotopic (exact) mass is 303 g/mol. The third-order valence-electron chi connectivity index (χ3n) is 2.65. The number of carbonyl (C=O) groups is 1. The summed E-state index contributed by atoms with van der Waals surface area (Å²) in [4.78, 5) is 13.9. The van der Waals surface area contributed by atoms with E-state index in [2.05, 4.69) is 4.98 Å². The molecule has 1 N–H and O–H groups in total. The number of nitrogens with zero attached hydrogens (tertiary/aromatic N) is 1. The molecule has 0 saturated carbocycles. The van der Waals surface area contributed by atoms with Crippen LogP contribution < -0.4 is 0 Å². The summed E-state index contributed by atoms with van der Waals surface area (Å²) in [6.07, 6.45) is -3.91. The fourth-order valence-corrected chi connectivity index (χ4v) is 1.65. The van der Waals surface area contributed by atoms with Gasteiger partial charge < -0.3 is 5.11 Å². The number of carboxylic acid groups (broad SMARTS) is 1. The van der Waals surface area contributed by atoms with Gasteiger partial charge in [-0.2, -0.15) is 13.2 Å². The van der Waals surface area contributed by atoms with Crippen LogP contribution in [0.15, 0.2) is 30.5 Å². The van der Waals surface area contributed by atoms with Crippen molar-refractivity contribution in [2.45, 2.75) is 6.18 Å². The maximum Gasteiger partial charge on any atom is 0.433 e. The van der Waals surface area contributed by atoms with Crippen LogP contribution in [0.1, 0.15) is 16.1 Å². The summed E-state index contributed by atoms with van der Waals surface area (Å²) in [5.41, 5.74) is -2.41. The number of aromatic nitrogens is 1. The summed E-state index contributed by atoms with van der Waals surface area (Å²) in [5.74, 6) is -3.99. The van der Waals surface area contributed by atoms with Gasteiger partial charge in [0.15, 0.2) is 0 Å². The minimum atomic E-state index is -4.65. The van der Waals surface area contributed by atoms with Crippen LogP contribution in [0.5, 0.6) is 0 Å². The van der Waals surface area contributed by atoms with E-state index >= 15 is 0 Å². The first-order valence-corrected chi connectivity index (χ1v) is 5.46. The van der Waals surface area contributed by atoms with Crippen LogP contribution >= 0.6 is 0 Å². The highest BCUT2D eigenvalue weighted by atomic mass is 19.4. The van der Waals surface area contributed by atoms with Crippen LogP contribution in [0.2, 0.25) is 0 Å². The molecule has 0 amide bonds. The quantitative estimate of drug-likeness (QED) is 0.860. The van der Waals surface area contributed by atoms with Gasteiger partial charge in [-0.05, 0) is 12.1 Å². The van der Waals surface area contributed by atoms with Gasteiger partial charge in [-0.15, -0.1) is 0 Å². The maximum absolute atomic E-state index is 13.6. The fourth-order valence-electron chi connectivity index (χ4n) is 1.65. The molecule has 2 aromatic rings. The first kappa shape index (κ1) is 14.9. The van der Waals surface area contributed by atoms with E-state index in [-0.39, 0.29) is 11.1 Å². The molecular weight excluding hydrogens is 297 g/mol. The highest BCUT2D eigenvalue weighted by Gasteiger charge is 2.32. The molecule has 0 unspecified atom stereocenters. The van der Waals surface area contributed by atoms with E-state index < -0.39 is 35.0 Å². The molecule has 8 heteroatoms. The zero-order valence-electron chi connectivity index (χ0n) is 10.1. The van der Waals surface area contributed by atoms with E-state index in [1.807, 2.05) is 0 Å². The Balaban J connectivity index is 2.52. The molecule has 1 heterocycles. The normalized spacial score (nSPS) is 11.5. The van der Waals surface area contributed by atoms with Gasteiger partial charge in [0.25, 0.3) is 0 Å². The zero-order chi connectivity index (χ0) is 15.8. The summed E-state index contributed by atoms with van der Waals surface area (Å²) in [7, 11) is 0. The van der Waals surface area contributed by atoms with E-state index in [1.54, 1.807) is 0 Å². The predicted octanol–water partition coefficient (Wildman–Crippen LogP) is 3.74. The molecule has 0 radical (unpaired) electrons. The third kappa shape index (κ3) is 2.99. The highest BCUT2D eigenvalue weighted by molar-refractivity contribution is 5.89. The number of carboxylic acids is 1. The predicted molar refractivity (Wildman–Crippen MR) is 61.6 cm³/mol. The van der Waals surface area contributed by atoms with Gasteiger partial charge in [-0.1, -0.05) is 6.07 Å². The van der Waals surface area contributed by atoms with Crippen molar-refractivity contribution in [1.29, 1.82) is 0 Å². The van der Waals surface area contributed by atoms with Gasteiger partial charge in [-0.3, -0.25) is 4.98 Å². The smallest absolute Gasteiger partial charge is 0.433 e. The van der Waals surface area contributed by atoms with E-state index in [9.17, 15) is 26.7 Å². The second-order valence-electron chi connectivity index (χ2n) is 4.05. The molecule has 1 aromatic carbocycles. The first-order valence-electron chi connectivity index (χ1n) is 5.46. The molecule has 0 aliphatic rings. The van der Waals surface area contributed by atoms with E-state index in [4.69, 9.17) is 5.11 Å². The number of halogens is 5.